The number of hydrogen-bond acceptors (Lipinski definition) is 4. The van der Waals surface area contributed by atoms with Crippen molar-refractivity contribution in [2.24, 2.45) is 0 Å². The number of benzene rings is 3. The highest BCUT2D eigenvalue weighted by Crippen LogP contribution is 2.23. The van der Waals surface area contributed by atoms with E-state index in [9.17, 15) is 18.0 Å². The fourth-order valence-electron chi connectivity index (χ4n) is 3.07. The maximum Gasteiger partial charge on any atom is 0.262 e. The van der Waals surface area contributed by atoms with Crippen molar-refractivity contribution < 1.29 is 18.0 Å². The summed E-state index contributed by atoms with van der Waals surface area (Å²) in [6.45, 7) is 6.98. The number of anilines is 2. The van der Waals surface area contributed by atoms with Crippen LogP contribution < -0.4 is 10.0 Å². The van der Waals surface area contributed by atoms with Gasteiger partial charge < -0.3 is 5.32 Å². The van der Waals surface area contributed by atoms with Crippen LogP contribution in [0.2, 0.25) is 0 Å². The number of carbonyl (C=O) groups is 2. The Morgan fingerprint density at radius 1 is 0.742 bits per heavy atom. The predicted molar refractivity (Wildman–Crippen MR) is 122 cm³/mol. The summed E-state index contributed by atoms with van der Waals surface area (Å²) in [6, 6.07) is 16.4. The Balaban J connectivity index is 1.88. The van der Waals surface area contributed by atoms with Gasteiger partial charge in [-0.25, -0.2) is 8.42 Å². The quantitative estimate of drug-likeness (QED) is 0.539. The molecule has 1 amide bonds. The van der Waals surface area contributed by atoms with E-state index in [1.807, 2.05) is 19.9 Å². The Bertz CT molecular complexity index is 1280. The highest BCUT2D eigenvalue weighted by molar-refractivity contribution is 7.92. The number of carbonyl (C=O) groups excluding carboxylic acids is 2. The van der Waals surface area contributed by atoms with E-state index in [-0.39, 0.29) is 16.2 Å². The summed E-state index contributed by atoms with van der Waals surface area (Å²) < 4.78 is 28.6. The molecular formula is C24H24N2O4S. The van der Waals surface area contributed by atoms with Crippen molar-refractivity contribution in [2.75, 3.05) is 10.0 Å². The number of hydrogen-bond donors (Lipinski definition) is 2. The molecule has 0 bridgehead atoms. The third-order valence-corrected chi connectivity index (χ3v) is 6.55. The van der Waals surface area contributed by atoms with Gasteiger partial charge in [-0.05, 0) is 80.8 Å². The van der Waals surface area contributed by atoms with Gasteiger partial charge in [0.2, 0.25) is 0 Å². The second-order valence-electron chi connectivity index (χ2n) is 7.48. The molecule has 3 rings (SSSR count). The highest BCUT2D eigenvalue weighted by atomic mass is 32.2. The summed E-state index contributed by atoms with van der Waals surface area (Å²) in [5.41, 5.74) is 4.13. The van der Waals surface area contributed by atoms with Gasteiger partial charge >= 0.3 is 0 Å². The lowest BCUT2D eigenvalue weighted by molar-refractivity contribution is 0.101. The number of aryl methyl sites for hydroxylation is 3. The van der Waals surface area contributed by atoms with Gasteiger partial charge in [0.15, 0.2) is 5.78 Å². The Morgan fingerprint density at radius 3 is 2.13 bits per heavy atom. The molecule has 0 fully saturated rings. The minimum atomic E-state index is -3.90. The number of rotatable bonds is 6. The van der Waals surface area contributed by atoms with Crippen LogP contribution in [0.1, 0.15) is 44.3 Å². The zero-order valence-electron chi connectivity index (χ0n) is 17.8. The molecule has 0 spiro atoms. The lowest BCUT2D eigenvalue weighted by Crippen LogP contribution is -2.17. The van der Waals surface area contributed by atoms with Crippen LogP contribution in [0.25, 0.3) is 0 Å². The summed E-state index contributed by atoms with van der Waals surface area (Å²) in [4.78, 5) is 24.3. The van der Waals surface area contributed by atoms with Gasteiger partial charge in [0.1, 0.15) is 0 Å². The number of Topliss-reactive ketones (excluding diaryl/α,β-unsaturated/α-hetero) is 1. The van der Waals surface area contributed by atoms with E-state index >= 15 is 0 Å². The summed E-state index contributed by atoms with van der Waals surface area (Å²) in [5, 5.41) is 2.71. The number of ketones is 1. The molecule has 2 N–H and O–H groups in total. The molecule has 0 unspecified atom stereocenters. The minimum absolute atomic E-state index is 0.0239. The first-order valence-electron chi connectivity index (χ1n) is 9.70. The van der Waals surface area contributed by atoms with Crippen molar-refractivity contribution in [2.45, 2.75) is 32.6 Å². The van der Waals surface area contributed by atoms with Crippen molar-refractivity contribution in [3.63, 3.8) is 0 Å². The first-order valence-corrected chi connectivity index (χ1v) is 11.2. The molecule has 0 aromatic heterocycles. The highest BCUT2D eigenvalue weighted by Gasteiger charge is 2.20. The van der Waals surface area contributed by atoms with Crippen molar-refractivity contribution in [1.29, 1.82) is 0 Å². The Morgan fingerprint density at radius 2 is 1.45 bits per heavy atom. The third kappa shape index (κ3) is 5.19. The van der Waals surface area contributed by atoms with E-state index in [0.29, 0.717) is 22.5 Å². The van der Waals surface area contributed by atoms with Crippen molar-refractivity contribution >= 4 is 33.1 Å². The molecule has 0 heterocycles. The predicted octanol–water partition coefficient (Wildman–Crippen LogP) is 4.87. The Hall–Kier alpha value is -3.45. The van der Waals surface area contributed by atoms with E-state index in [1.54, 1.807) is 55.5 Å². The zero-order chi connectivity index (χ0) is 22.8. The lowest BCUT2D eigenvalue weighted by atomic mass is 10.1. The second kappa shape index (κ2) is 8.73. The maximum absolute atomic E-state index is 13.0. The smallest absolute Gasteiger partial charge is 0.262 e. The fourth-order valence-corrected chi connectivity index (χ4v) is 4.39. The molecule has 0 aliphatic rings. The van der Waals surface area contributed by atoms with E-state index in [4.69, 9.17) is 0 Å². The Labute approximate surface area is 182 Å². The van der Waals surface area contributed by atoms with E-state index < -0.39 is 15.9 Å². The van der Waals surface area contributed by atoms with Crippen LogP contribution in [0, 0.1) is 20.8 Å². The normalized spacial score (nSPS) is 11.1. The largest absolute Gasteiger partial charge is 0.322 e. The van der Waals surface area contributed by atoms with Gasteiger partial charge in [-0.3, -0.25) is 14.3 Å². The molecule has 3 aromatic carbocycles. The average molecular weight is 437 g/mol. The monoisotopic (exact) mass is 436 g/mol. The number of amides is 1. The molecule has 0 aliphatic heterocycles. The number of sulfonamides is 1. The average Bonchev–Trinajstić information content (AvgIpc) is 2.71. The molecule has 0 radical (unpaired) electrons. The molecule has 31 heavy (non-hydrogen) atoms. The van der Waals surface area contributed by atoms with Crippen LogP contribution in [0.5, 0.6) is 0 Å². The van der Waals surface area contributed by atoms with E-state index in [0.717, 1.165) is 11.1 Å². The van der Waals surface area contributed by atoms with E-state index in [1.165, 1.54) is 13.0 Å². The standard InChI is InChI=1S/C24H24N2O4S/c1-15-9-11-22(12-17(15)3)26-31(29,30)23-14-20(10-8-16(23)2)24(28)25-21-7-5-6-19(13-21)18(4)27/h5-14,26H,1-4H3,(H,25,28). The van der Waals surface area contributed by atoms with E-state index in [2.05, 4.69) is 10.0 Å². The maximum atomic E-state index is 13.0. The van der Waals surface area contributed by atoms with Gasteiger partial charge in [0.05, 0.1) is 4.90 Å². The summed E-state index contributed by atoms with van der Waals surface area (Å²) in [6.07, 6.45) is 0. The van der Waals surface area contributed by atoms with Crippen LogP contribution >= 0.6 is 0 Å². The molecule has 7 heteroatoms. The van der Waals surface area contributed by atoms with Crippen LogP contribution in [-0.4, -0.2) is 20.1 Å². The van der Waals surface area contributed by atoms with Crippen molar-refractivity contribution in [1.82, 2.24) is 0 Å². The first-order chi connectivity index (χ1) is 14.6. The van der Waals surface area contributed by atoms with Crippen LogP contribution in [0.4, 0.5) is 11.4 Å². The van der Waals surface area contributed by atoms with Gasteiger partial charge in [0, 0.05) is 22.5 Å². The molecular weight excluding hydrogens is 412 g/mol. The van der Waals surface area contributed by atoms with Crippen LogP contribution in [-0.2, 0) is 10.0 Å². The number of nitrogens with one attached hydrogen (secondary N) is 2. The SMILES string of the molecule is CC(=O)c1cccc(NC(=O)c2ccc(C)c(S(=O)(=O)Nc3ccc(C)c(C)c3)c2)c1. The third-order valence-electron chi connectivity index (χ3n) is 5.03. The van der Waals surface area contributed by atoms with Crippen LogP contribution in [0.15, 0.2) is 65.6 Å². The second-order valence-corrected chi connectivity index (χ2v) is 9.13. The molecule has 6 nitrogen and oxygen atoms in total. The topological polar surface area (TPSA) is 92.3 Å². The molecule has 0 saturated heterocycles. The lowest BCUT2D eigenvalue weighted by Gasteiger charge is -2.13. The molecule has 0 atom stereocenters. The van der Waals surface area contributed by atoms with Crippen LogP contribution in [0.3, 0.4) is 0 Å². The van der Waals surface area contributed by atoms with Crippen molar-refractivity contribution in [3.8, 4) is 0 Å². The van der Waals surface area contributed by atoms with Gasteiger partial charge in [-0.15, -0.1) is 0 Å². The fraction of sp³-hybridized carbons (Fsp3) is 0.167. The molecule has 0 saturated carbocycles. The minimum Gasteiger partial charge on any atom is -0.322 e. The first kappa shape index (κ1) is 22.2. The summed E-state index contributed by atoms with van der Waals surface area (Å²) >= 11 is 0. The zero-order valence-corrected chi connectivity index (χ0v) is 18.6. The van der Waals surface area contributed by atoms with Gasteiger partial charge in [0.25, 0.3) is 15.9 Å². The molecule has 160 valence electrons. The molecule has 0 aliphatic carbocycles. The van der Waals surface area contributed by atoms with Gasteiger partial charge in [-0.1, -0.05) is 24.3 Å². The summed E-state index contributed by atoms with van der Waals surface area (Å²) in [5.74, 6) is -0.583. The van der Waals surface area contributed by atoms with Crippen molar-refractivity contribution in [3.05, 3.63) is 88.5 Å². The molecule has 3 aromatic rings. The Kier molecular flexibility index (Phi) is 6.27. The van der Waals surface area contributed by atoms with Gasteiger partial charge in [-0.2, -0.15) is 0 Å². The summed E-state index contributed by atoms with van der Waals surface area (Å²) in [7, 11) is -3.90.